The van der Waals surface area contributed by atoms with Crippen LogP contribution in [0.1, 0.15) is 6.92 Å². The van der Waals surface area contributed by atoms with Gasteiger partial charge in [0, 0.05) is 6.54 Å². The summed E-state index contributed by atoms with van der Waals surface area (Å²) < 4.78 is 0. The maximum absolute atomic E-state index is 9.77. The van der Waals surface area contributed by atoms with Gasteiger partial charge in [0.1, 0.15) is 6.10 Å². The van der Waals surface area contributed by atoms with E-state index in [-0.39, 0.29) is 12.6 Å². The maximum atomic E-state index is 9.77. The largest absolute Gasteiger partial charge is 0.395 e. The maximum Gasteiger partial charge on any atom is 0.105 e. The van der Waals surface area contributed by atoms with E-state index in [4.69, 9.17) is 5.11 Å². The fourth-order valence-corrected chi connectivity index (χ4v) is 1.80. The third-order valence-corrected chi connectivity index (χ3v) is 3.28. The van der Waals surface area contributed by atoms with Gasteiger partial charge in [-0.2, -0.15) is 0 Å². The van der Waals surface area contributed by atoms with Gasteiger partial charge in [-0.25, -0.2) is 0 Å². The molecule has 1 heterocycles. The Morgan fingerprint density at radius 3 is 2.67 bits per heavy atom. The highest BCUT2D eigenvalue weighted by atomic mass is 32.2. The van der Waals surface area contributed by atoms with Gasteiger partial charge in [0.05, 0.1) is 29.8 Å². The van der Waals surface area contributed by atoms with Crippen molar-refractivity contribution in [2.24, 2.45) is 4.99 Å². The summed E-state index contributed by atoms with van der Waals surface area (Å²) in [5.74, 6) is 0. The summed E-state index contributed by atoms with van der Waals surface area (Å²) in [6.45, 7) is 2.15. The van der Waals surface area contributed by atoms with Gasteiger partial charge >= 0.3 is 0 Å². The predicted octanol–water partition coefficient (Wildman–Crippen LogP) is -1.18. The molecule has 0 bridgehead atoms. The molecule has 4 atom stereocenters. The standard InChI is InChI=1S/C9H18N2O3S/c1-5(15-2)11-6-3-10-7(4-12)9(14)8(6)13/h6-10,12-14H,3-4H2,1-2H3/t6-,7+,8+,9+/m0/s1. The van der Waals surface area contributed by atoms with Crippen LogP contribution in [0.2, 0.25) is 0 Å². The summed E-state index contributed by atoms with van der Waals surface area (Å²) in [5.41, 5.74) is 0. The summed E-state index contributed by atoms with van der Waals surface area (Å²) in [4.78, 5) is 4.28. The topological polar surface area (TPSA) is 85.1 Å². The minimum absolute atomic E-state index is 0.184. The number of nitrogens with one attached hydrogen (secondary N) is 1. The van der Waals surface area contributed by atoms with Crippen molar-refractivity contribution >= 4 is 16.8 Å². The molecule has 1 aliphatic rings. The number of thioether (sulfide) groups is 1. The second-order valence-electron chi connectivity index (χ2n) is 3.60. The van der Waals surface area contributed by atoms with Gasteiger partial charge in [-0.3, -0.25) is 4.99 Å². The van der Waals surface area contributed by atoms with E-state index in [1.54, 1.807) is 0 Å². The Bertz CT molecular complexity index is 237. The zero-order valence-corrected chi connectivity index (χ0v) is 9.74. The van der Waals surface area contributed by atoms with Crippen LogP contribution in [0.25, 0.3) is 0 Å². The highest BCUT2D eigenvalue weighted by Crippen LogP contribution is 2.14. The molecule has 0 spiro atoms. The van der Waals surface area contributed by atoms with Gasteiger partial charge in [-0.1, -0.05) is 0 Å². The van der Waals surface area contributed by atoms with Crippen LogP contribution in [-0.2, 0) is 0 Å². The molecule has 1 fully saturated rings. The molecule has 0 aliphatic carbocycles. The first-order chi connectivity index (χ1) is 7.10. The molecular formula is C9H18N2O3S. The lowest BCUT2D eigenvalue weighted by Crippen LogP contribution is -2.60. The van der Waals surface area contributed by atoms with E-state index in [9.17, 15) is 10.2 Å². The first kappa shape index (κ1) is 12.9. The third-order valence-electron chi connectivity index (χ3n) is 2.59. The Morgan fingerprint density at radius 1 is 1.47 bits per heavy atom. The predicted molar refractivity (Wildman–Crippen MR) is 61.3 cm³/mol. The molecule has 6 heteroatoms. The van der Waals surface area contributed by atoms with E-state index in [0.717, 1.165) is 5.04 Å². The Morgan fingerprint density at radius 2 is 2.13 bits per heavy atom. The fraction of sp³-hybridized carbons (Fsp3) is 0.889. The van der Waals surface area contributed by atoms with Crippen molar-refractivity contribution in [3.63, 3.8) is 0 Å². The minimum atomic E-state index is -0.966. The summed E-state index contributed by atoms with van der Waals surface area (Å²) in [7, 11) is 0. The molecule has 0 amide bonds. The van der Waals surface area contributed by atoms with Crippen LogP contribution >= 0.6 is 11.8 Å². The Balaban J connectivity index is 2.64. The average Bonchev–Trinajstić information content (AvgIpc) is 2.25. The van der Waals surface area contributed by atoms with Crippen molar-refractivity contribution in [2.45, 2.75) is 31.2 Å². The van der Waals surface area contributed by atoms with Crippen molar-refractivity contribution in [3.05, 3.63) is 0 Å². The number of aliphatic hydroxyl groups is 3. The molecule has 0 aromatic rings. The summed E-state index contributed by atoms with van der Waals surface area (Å²) >= 11 is 1.51. The lowest BCUT2D eigenvalue weighted by Gasteiger charge is -2.36. The smallest absolute Gasteiger partial charge is 0.105 e. The highest BCUT2D eigenvalue weighted by Gasteiger charge is 2.36. The van der Waals surface area contributed by atoms with Crippen LogP contribution in [0.5, 0.6) is 0 Å². The number of nitrogens with zero attached hydrogens (tertiary/aromatic N) is 1. The van der Waals surface area contributed by atoms with Crippen molar-refractivity contribution in [1.29, 1.82) is 0 Å². The van der Waals surface area contributed by atoms with Gasteiger partial charge in [-0.15, -0.1) is 11.8 Å². The summed E-state index contributed by atoms with van der Waals surface area (Å²) in [5, 5.41) is 32.2. The van der Waals surface area contributed by atoms with Gasteiger partial charge in [0.15, 0.2) is 0 Å². The average molecular weight is 234 g/mol. The van der Waals surface area contributed by atoms with E-state index in [0.29, 0.717) is 6.54 Å². The van der Waals surface area contributed by atoms with E-state index in [2.05, 4.69) is 10.3 Å². The van der Waals surface area contributed by atoms with Gasteiger partial charge < -0.3 is 20.6 Å². The molecule has 0 aromatic carbocycles. The molecule has 1 saturated heterocycles. The van der Waals surface area contributed by atoms with Crippen LogP contribution in [0.3, 0.4) is 0 Å². The number of aliphatic hydroxyl groups excluding tert-OH is 3. The van der Waals surface area contributed by atoms with E-state index in [1.807, 2.05) is 13.2 Å². The lowest BCUT2D eigenvalue weighted by atomic mass is 9.95. The molecule has 0 radical (unpaired) electrons. The molecule has 15 heavy (non-hydrogen) atoms. The normalized spacial score (nSPS) is 38.1. The van der Waals surface area contributed by atoms with Crippen LogP contribution < -0.4 is 5.32 Å². The summed E-state index contributed by atoms with van der Waals surface area (Å²) in [6, 6.07) is -0.795. The number of aliphatic imine (C=N–C) groups is 1. The van der Waals surface area contributed by atoms with E-state index < -0.39 is 18.2 Å². The number of hydrogen-bond acceptors (Lipinski definition) is 6. The SMILES string of the molecule is CSC(C)=N[C@H]1CN[C@H](CO)[C@@H](O)[C@@H]1O. The van der Waals surface area contributed by atoms with Crippen molar-refractivity contribution in [2.75, 3.05) is 19.4 Å². The number of piperidine rings is 1. The third kappa shape index (κ3) is 3.15. The number of rotatable bonds is 2. The second-order valence-corrected chi connectivity index (χ2v) is 4.60. The van der Waals surface area contributed by atoms with E-state index in [1.165, 1.54) is 11.8 Å². The van der Waals surface area contributed by atoms with Crippen LogP contribution in [0.15, 0.2) is 4.99 Å². The molecule has 88 valence electrons. The monoisotopic (exact) mass is 234 g/mol. The van der Waals surface area contributed by atoms with Crippen LogP contribution in [-0.4, -0.2) is 64.1 Å². The highest BCUT2D eigenvalue weighted by molar-refractivity contribution is 8.13. The quantitative estimate of drug-likeness (QED) is 0.357. The van der Waals surface area contributed by atoms with Crippen molar-refractivity contribution < 1.29 is 15.3 Å². The van der Waals surface area contributed by atoms with Crippen molar-refractivity contribution in [1.82, 2.24) is 5.32 Å². The molecule has 4 N–H and O–H groups in total. The molecule has 1 rings (SSSR count). The Hall–Kier alpha value is -0.140. The molecule has 1 aliphatic heterocycles. The fourth-order valence-electron chi connectivity index (χ4n) is 1.56. The number of hydrogen-bond donors (Lipinski definition) is 4. The molecular weight excluding hydrogens is 216 g/mol. The zero-order valence-electron chi connectivity index (χ0n) is 8.92. The molecule has 0 aromatic heterocycles. The zero-order chi connectivity index (χ0) is 11.4. The molecule has 5 nitrogen and oxygen atoms in total. The first-order valence-corrected chi connectivity index (χ1v) is 6.11. The van der Waals surface area contributed by atoms with Gasteiger partial charge in [0.25, 0.3) is 0 Å². The van der Waals surface area contributed by atoms with Crippen LogP contribution in [0, 0.1) is 0 Å². The minimum Gasteiger partial charge on any atom is -0.395 e. The summed E-state index contributed by atoms with van der Waals surface area (Å²) in [6.07, 6.45) is 0.0340. The Labute approximate surface area is 93.6 Å². The Kier molecular flexibility index (Phi) is 5.01. The van der Waals surface area contributed by atoms with Crippen LogP contribution in [0.4, 0.5) is 0 Å². The second kappa shape index (κ2) is 5.81. The molecule has 0 unspecified atom stereocenters. The van der Waals surface area contributed by atoms with Gasteiger partial charge in [-0.05, 0) is 13.2 Å². The van der Waals surface area contributed by atoms with Crippen molar-refractivity contribution in [3.8, 4) is 0 Å². The van der Waals surface area contributed by atoms with E-state index >= 15 is 0 Å². The molecule has 0 saturated carbocycles. The lowest BCUT2D eigenvalue weighted by molar-refractivity contribution is -0.0475. The van der Waals surface area contributed by atoms with Gasteiger partial charge in [0.2, 0.25) is 0 Å². The first-order valence-electron chi connectivity index (χ1n) is 4.89.